The number of hydrogen-bond acceptors (Lipinski definition) is 12. The Bertz CT molecular complexity index is 3340. The van der Waals surface area contributed by atoms with Crippen LogP contribution in [0.3, 0.4) is 0 Å². The molecule has 5 N–H and O–H groups in total. The minimum absolute atomic E-state index is 0. The molecule has 0 aliphatic heterocycles. The van der Waals surface area contributed by atoms with Crippen LogP contribution in [-0.4, -0.2) is 72.0 Å². The number of methoxy groups -OCH3 is 3. The number of hydrogen-bond donors (Lipinski definition) is 3. The normalized spacial score (nSPS) is 9.07. The van der Waals surface area contributed by atoms with Crippen molar-refractivity contribution in [2.45, 2.75) is 27.7 Å². The van der Waals surface area contributed by atoms with Crippen LogP contribution in [0.1, 0.15) is 27.7 Å². The number of halogens is 1. The van der Waals surface area contributed by atoms with Gasteiger partial charge in [-0.25, -0.2) is 0 Å². The summed E-state index contributed by atoms with van der Waals surface area (Å²) >= 11 is 0. The fraction of sp³-hybridized carbons (Fsp3) is 0.0959. The van der Waals surface area contributed by atoms with Gasteiger partial charge in [0, 0.05) is 71.7 Å². The molecule has 0 radical (unpaired) electrons. The average molecular weight is 1560 g/mol. The summed E-state index contributed by atoms with van der Waals surface area (Å²) in [6, 6.07) is 84.3. The third kappa shape index (κ3) is 27.9. The standard InChI is InChI=1S/3C12H10NO.3C11H8NO.2C2H6.ClH.2Ir.H2O/c3*1-14-11-6-4-5-10(9-11)12-7-2-3-8-13-12;3*13-10-5-3-4-9(8-10)11-6-1-2-7-12-11;2*1-2;;;;/h3*2-4,6-9H,1H3;3*1-3,5-8,13H;2*1-2H3;1H;;;1H2/q6*-1;;;;2*+3;. The van der Waals surface area contributed by atoms with Crippen molar-refractivity contribution in [3.05, 3.63) is 292 Å². The summed E-state index contributed by atoms with van der Waals surface area (Å²) in [7, 11) is 4.95. The van der Waals surface area contributed by atoms with Crippen molar-refractivity contribution in [2.24, 2.45) is 0 Å². The van der Waals surface area contributed by atoms with Crippen LogP contribution in [0.2, 0.25) is 0 Å². The van der Waals surface area contributed by atoms with E-state index >= 15 is 0 Å². The molecule has 0 saturated heterocycles. The summed E-state index contributed by atoms with van der Waals surface area (Å²) in [6.07, 6.45) is 10.4. The summed E-state index contributed by atoms with van der Waals surface area (Å²) in [6.45, 7) is 8.00. The molecule has 0 fully saturated rings. The van der Waals surface area contributed by atoms with Crippen molar-refractivity contribution in [1.29, 1.82) is 0 Å². The number of aromatic nitrogens is 6. The van der Waals surface area contributed by atoms with Gasteiger partial charge in [0.05, 0.1) is 21.3 Å². The fourth-order valence-corrected chi connectivity index (χ4v) is 7.10. The van der Waals surface area contributed by atoms with Gasteiger partial charge in [-0.2, -0.15) is 0 Å². The maximum absolute atomic E-state index is 9.23. The largest absolute Gasteiger partial charge is 3.00 e. The number of aromatic hydroxyl groups is 3. The first kappa shape index (κ1) is 77.6. The van der Waals surface area contributed by atoms with Gasteiger partial charge in [0.15, 0.2) is 0 Å². The quantitative estimate of drug-likeness (QED) is 0.116. The Hall–Kier alpha value is -9.43. The van der Waals surface area contributed by atoms with E-state index in [4.69, 9.17) is 14.2 Å². The Morgan fingerprint density at radius 1 is 0.281 bits per heavy atom. The number of benzene rings is 6. The first-order chi connectivity index (χ1) is 41.8. The van der Waals surface area contributed by atoms with Crippen molar-refractivity contribution in [3.8, 4) is 102 Å². The van der Waals surface area contributed by atoms with Crippen LogP contribution in [0, 0.1) is 36.4 Å². The van der Waals surface area contributed by atoms with Gasteiger partial charge >= 0.3 is 40.2 Å². The second kappa shape index (κ2) is 45.8. The first-order valence-electron chi connectivity index (χ1n) is 27.1. The van der Waals surface area contributed by atoms with Crippen molar-refractivity contribution >= 4 is 12.4 Å². The molecule has 6 aromatic carbocycles. The van der Waals surface area contributed by atoms with E-state index in [0.717, 1.165) is 84.8 Å². The molecule has 12 rings (SSSR count). The van der Waals surface area contributed by atoms with Crippen LogP contribution in [0.25, 0.3) is 67.5 Å². The molecule has 0 spiro atoms. The Balaban J connectivity index is 0.000000523. The predicted octanol–water partition coefficient (Wildman–Crippen LogP) is 16.1. The molecule has 0 aliphatic carbocycles. The molecule has 458 valence electrons. The maximum atomic E-state index is 9.23. The summed E-state index contributed by atoms with van der Waals surface area (Å²) in [5, 5.41) is 27.7. The molecule has 0 atom stereocenters. The van der Waals surface area contributed by atoms with Crippen molar-refractivity contribution in [3.63, 3.8) is 0 Å². The number of phenolic OH excluding ortho intramolecular Hbond substituents is 3. The topological polar surface area (TPSA) is 197 Å². The summed E-state index contributed by atoms with van der Waals surface area (Å²) in [5.74, 6) is 3.18. The molecule has 0 unspecified atom stereocenters. The van der Waals surface area contributed by atoms with Crippen molar-refractivity contribution < 1.29 is 75.2 Å². The van der Waals surface area contributed by atoms with Gasteiger partial charge in [-0.1, -0.05) is 100 Å². The Labute approximate surface area is 556 Å². The van der Waals surface area contributed by atoms with Gasteiger partial charge in [0.25, 0.3) is 0 Å². The number of ether oxygens (including phenoxy) is 3. The van der Waals surface area contributed by atoms with Gasteiger partial charge in [-0.3, -0.25) is 0 Å². The molecular weight excluding hydrogens is 1490 g/mol. The SMILES string of the molecule is CC.CC.COc1cc[c-]c(-c2ccccn2)c1.COc1cc[c-]c(-c2ccccn2)c1.COc1cc[c-]c(-c2ccccn2)c1.Cl.O.Oc1cc[c-]c(-c2ccccn2)c1.Oc1cc[c-]c(-c2ccccn2)c1.Oc1cc[c-]c(-c2ccccn2)c1.[Ir+3].[Ir+3]. The predicted molar refractivity (Wildman–Crippen MR) is 349 cm³/mol. The second-order valence-electron chi connectivity index (χ2n) is 16.6. The van der Waals surface area contributed by atoms with E-state index in [1.807, 2.05) is 191 Å². The second-order valence-corrected chi connectivity index (χ2v) is 16.6. The van der Waals surface area contributed by atoms with E-state index in [0.29, 0.717) is 0 Å². The van der Waals surface area contributed by atoms with Gasteiger partial charge in [0.1, 0.15) is 0 Å². The minimum Gasteiger partial charge on any atom is -0.527 e. The Kier molecular flexibility index (Phi) is 39.9. The molecule has 0 saturated carbocycles. The van der Waals surface area contributed by atoms with Crippen molar-refractivity contribution in [2.75, 3.05) is 21.3 Å². The van der Waals surface area contributed by atoms with E-state index in [1.54, 1.807) is 113 Å². The Morgan fingerprint density at radius 2 is 0.461 bits per heavy atom. The van der Waals surface area contributed by atoms with Gasteiger partial charge < -0.3 is 64.9 Å². The van der Waals surface area contributed by atoms with E-state index in [2.05, 4.69) is 66.3 Å². The van der Waals surface area contributed by atoms with Crippen LogP contribution in [-0.2, 0) is 40.2 Å². The van der Waals surface area contributed by atoms with Gasteiger partial charge in [-0.15, -0.1) is 191 Å². The molecule has 13 nitrogen and oxygen atoms in total. The number of phenols is 3. The zero-order valence-electron chi connectivity index (χ0n) is 50.1. The van der Waals surface area contributed by atoms with Crippen LogP contribution in [0.5, 0.6) is 34.5 Å². The fourth-order valence-electron chi connectivity index (χ4n) is 7.10. The van der Waals surface area contributed by atoms with Crippen LogP contribution >= 0.6 is 12.4 Å². The maximum Gasteiger partial charge on any atom is 3.00 e. The monoisotopic (exact) mass is 1560 g/mol. The minimum atomic E-state index is 0. The molecule has 6 heterocycles. The van der Waals surface area contributed by atoms with Crippen LogP contribution < -0.4 is 14.2 Å². The van der Waals surface area contributed by atoms with Crippen LogP contribution in [0.15, 0.2) is 256 Å². The number of nitrogens with zero attached hydrogens (tertiary/aromatic N) is 6. The van der Waals surface area contributed by atoms with E-state index in [9.17, 15) is 15.3 Å². The zero-order chi connectivity index (χ0) is 60.7. The molecule has 89 heavy (non-hydrogen) atoms. The van der Waals surface area contributed by atoms with E-state index in [1.165, 1.54) is 0 Å². The van der Waals surface area contributed by atoms with E-state index < -0.39 is 0 Å². The molecule has 16 heteroatoms. The molecular formula is C73H69ClIr2N6O7. The van der Waals surface area contributed by atoms with Crippen LogP contribution in [0.4, 0.5) is 0 Å². The van der Waals surface area contributed by atoms with E-state index in [-0.39, 0.29) is 75.3 Å². The summed E-state index contributed by atoms with van der Waals surface area (Å²) in [5.41, 5.74) is 10.4. The molecule has 0 bridgehead atoms. The molecule has 0 amide bonds. The van der Waals surface area contributed by atoms with Gasteiger partial charge in [0.2, 0.25) is 0 Å². The molecule has 6 aromatic heterocycles. The smallest absolute Gasteiger partial charge is 0.527 e. The first-order valence-corrected chi connectivity index (χ1v) is 27.1. The number of pyridine rings is 6. The number of rotatable bonds is 9. The summed E-state index contributed by atoms with van der Waals surface area (Å²) in [4.78, 5) is 25.2. The Morgan fingerprint density at radius 3 is 0.618 bits per heavy atom. The van der Waals surface area contributed by atoms with Crippen molar-refractivity contribution in [1.82, 2.24) is 29.9 Å². The summed E-state index contributed by atoms with van der Waals surface area (Å²) < 4.78 is 15.4. The zero-order valence-corrected chi connectivity index (χ0v) is 55.7. The third-order valence-corrected chi connectivity index (χ3v) is 11.0. The molecule has 0 aliphatic rings. The average Bonchev–Trinajstić information content (AvgIpc) is 3.73. The van der Waals surface area contributed by atoms with Gasteiger partial charge in [-0.05, 0) is 70.6 Å². The molecule has 12 aromatic rings. The third-order valence-electron chi connectivity index (χ3n) is 11.0.